The molecule has 2 N–H and O–H groups in total. The van der Waals surface area contributed by atoms with Crippen molar-refractivity contribution in [3.63, 3.8) is 0 Å². The highest BCUT2D eigenvalue weighted by Gasteiger charge is 2.22. The second-order valence-corrected chi connectivity index (χ2v) is 7.32. The standard InChI is InChI=1S/C21H20BrNO3S/c1-14-5-3-4-6-16(14)18-13-15(9-11-22)7-8-17(18)20(24)23-19(21(25)26)10-12-27-2/h3-8,13,19H,10,12H2,1-2H3,(H,23,24)(H,25,26)/t19-/m0/s1. The molecule has 2 aromatic carbocycles. The highest BCUT2D eigenvalue weighted by molar-refractivity contribution is 9.12. The van der Waals surface area contributed by atoms with Gasteiger partial charge in [0.1, 0.15) is 6.04 Å². The number of hydrogen-bond donors (Lipinski definition) is 2. The number of aryl methyl sites for hydroxylation is 1. The normalized spacial score (nSPS) is 11.2. The summed E-state index contributed by atoms with van der Waals surface area (Å²) < 4.78 is 0. The fourth-order valence-corrected chi connectivity index (χ4v) is 3.40. The topological polar surface area (TPSA) is 66.4 Å². The molecule has 0 unspecified atom stereocenters. The third-order valence-electron chi connectivity index (χ3n) is 4.11. The Balaban J connectivity index is 2.45. The Morgan fingerprint density at radius 2 is 1.96 bits per heavy atom. The largest absolute Gasteiger partial charge is 0.480 e. The number of carboxylic acid groups (broad SMARTS) is 1. The van der Waals surface area contributed by atoms with E-state index in [0.29, 0.717) is 17.7 Å². The second kappa shape index (κ2) is 10.2. The fraction of sp³-hybridized carbons (Fsp3) is 0.238. The highest BCUT2D eigenvalue weighted by atomic mass is 79.9. The number of hydrogen-bond acceptors (Lipinski definition) is 3. The number of carboxylic acids is 1. The lowest BCUT2D eigenvalue weighted by Gasteiger charge is -2.17. The van der Waals surface area contributed by atoms with E-state index in [2.05, 4.69) is 32.0 Å². The minimum atomic E-state index is -1.03. The van der Waals surface area contributed by atoms with Crippen LogP contribution >= 0.6 is 27.7 Å². The zero-order chi connectivity index (χ0) is 19.8. The van der Waals surface area contributed by atoms with Gasteiger partial charge in [-0.25, -0.2) is 4.79 Å². The Labute approximate surface area is 171 Å². The first-order valence-corrected chi connectivity index (χ1v) is 10.5. The number of thioether (sulfide) groups is 1. The van der Waals surface area contributed by atoms with E-state index in [4.69, 9.17) is 0 Å². The number of halogens is 1. The van der Waals surface area contributed by atoms with Crippen LogP contribution in [-0.2, 0) is 4.79 Å². The van der Waals surface area contributed by atoms with Gasteiger partial charge in [0.05, 0.1) is 0 Å². The molecule has 0 saturated heterocycles. The van der Waals surface area contributed by atoms with E-state index in [9.17, 15) is 14.7 Å². The summed E-state index contributed by atoms with van der Waals surface area (Å²) in [5, 5.41) is 12.0. The van der Waals surface area contributed by atoms with Gasteiger partial charge in [0.2, 0.25) is 0 Å². The molecule has 2 rings (SSSR count). The lowest BCUT2D eigenvalue weighted by Crippen LogP contribution is -2.41. The third kappa shape index (κ3) is 5.62. The number of carbonyl (C=O) groups is 2. The Bertz CT molecular complexity index is 902. The molecule has 0 fully saturated rings. The molecule has 140 valence electrons. The van der Waals surface area contributed by atoms with Gasteiger partial charge < -0.3 is 10.4 Å². The van der Waals surface area contributed by atoms with Crippen LogP contribution in [0.4, 0.5) is 0 Å². The van der Waals surface area contributed by atoms with E-state index >= 15 is 0 Å². The number of aliphatic carboxylic acids is 1. The van der Waals surface area contributed by atoms with Crippen LogP contribution in [0, 0.1) is 17.7 Å². The van der Waals surface area contributed by atoms with E-state index in [1.54, 1.807) is 23.9 Å². The van der Waals surface area contributed by atoms with Crippen molar-refractivity contribution in [2.75, 3.05) is 12.0 Å². The summed E-state index contributed by atoms with van der Waals surface area (Å²) in [4.78, 5) is 27.0. The van der Waals surface area contributed by atoms with Crippen LogP contribution in [0.5, 0.6) is 0 Å². The molecule has 0 heterocycles. The maximum Gasteiger partial charge on any atom is 0.326 e. The van der Waals surface area contributed by atoms with Crippen molar-refractivity contribution in [1.29, 1.82) is 0 Å². The molecule has 0 aliphatic heterocycles. The molecule has 0 aliphatic carbocycles. The van der Waals surface area contributed by atoms with E-state index < -0.39 is 17.9 Å². The smallest absolute Gasteiger partial charge is 0.326 e. The molecular formula is C21H20BrNO3S. The van der Waals surface area contributed by atoms with Gasteiger partial charge in [0.25, 0.3) is 5.91 Å². The third-order valence-corrected chi connectivity index (χ3v) is 4.95. The summed E-state index contributed by atoms with van der Waals surface area (Å²) in [6, 6.07) is 12.1. The summed E-state index contributed by atoms with van der Waals surface area (Å²) in [7, 11) is 0. The summed E-state index contributed by atoms with van der Waals surface area (Å²) >= 11 is 4.64. The fourth-order valence-electron chi connectivity index (χ4n) is 2.70. The van der Waals surface area contributed by atoms with E-state index in [1.807, 2.05) is 43.5 Å². The molecular weight excluding hydrogens is 426 g/mol. The zero-order valence-corrected chi connectivity index (χ0v) is 17.5. The number of benzene rings is 2. The van der Waals surface area contributed by atoms with Crippen molar-refractivity contribution < 1.29 is 14.7 Å². The number of nitrogens with one attached hydrogen (secondary N) is 1. The maximum atomic E-state index is 12.9. The minimum Gasteiger partial charge on any atom is -0.480 e. The van der Waals surface area contributed by atoms with Crippen LogP contribution in [0.3, 0.4) is 0 Å². The summed E-state index contributed by atoms with van der Waals surface area (Å²) in [5.41, 5.74) is 3.86. The van der Waals surface area contributed by atoms with Gasteiger partial charge in [-0.3, -0.25) is 4.79 Å². The molecule has 6 heteroatoms. The number of carbonyl (C=O) groups excluding carboxylic acids is 1. The molecule has 2 aromatic rings. The van der Waals surface area contributed by atoms with Crippen LogP contribution in [0.25, 0.3) is 11.1 Å². The predicted molar refractivity (Wildman–Crippen MR) is 114 cm³/mol. The Morgan fingerprint density at radius 3 is 2.59 bits per heavy atom. The summed E-state index contributed by atoms with van der Waals surface area (Å²) in [5.74, 6) is 2.15. The first-order chi connectivity index (χ1) is 13.0. The van der Waals surface area contributed by atoms with Crippen LogP contribution in [-0.4, -0.2) is 35.0 Å². The molecule has 0 aromatic heterocycles. The Kier molecular flexibility index (Phi) is 7.96. The zero-order valence-electron chi connectivity index (χ0n) is 15.1. The van der Waals surface area contributed by atoms with Crippen LogP contribution < -0.4 is 5.32 Å². The quantitative estimate of drug-likeness (QED) is 0.623. The molecule has 0 bridgehead atoms. The van der Waals surface area contributed by atoms with Gasteiger partial charge in [-0.1, -0.05) is 30.2 Å². The number of amides is 1. The summed E-state index contributed by atoms with van der Waals surface area (Å²) in [6.45, 7) is 1.97. The summed E-state index contributed by atoms with van der Waals surface area (Å²) in [6.07, 6.45) is 2.27. The highest BCUT2D eigenvalue weighted by Crippen LogP contribution is 2.28. The molecule has 0 spiro atoms. The minimum absolute atomic E-state index is 0.370. The van der Waals surface area contributed by atoms with E-state index in [1.165, 1.54) is 0 Å². The van der Waals surface area contributed by atoms with Crippen molar-refractivity contribution >= 4 is 39.6 Å². The molecule has 0 aliphatic rings. The molecule has 27 heavy (non-hydrogen) atoms. The van der Waals surface area contributed by atoms with Crippen molar-refractivity contribution in [2.24, 2.45) is 0 Å². The van der Waals surface area contributed by atoms with Gasteiger partial charge in [-0.15, -0.1) is 0 Å². The first kappa shape index (κ1) is 21.1. The predicted octanol–water partition coefficient (Wildman–Crippen LogP) is 4.30. The number of rotatable bonds is 7. The SMILES string of the molecule is CSCC[C@H](NC(=O)c1ccc(C#CBr)cc1-c1ccccc1C)C(=O)O. The van der Waals surface area contributed by atoms with Gasteiger partial charge in [0, 0.05) is 27.1 Å². The van der Waals surface area contributed by atoms with Crippen molar-refractivity contribution in [3.8, 4) is 21.9 Å². The lowest BCUT2D eigenvalue weighted by atomic mass is 9.93. The monoisotopic (exact) mass is 445 g/mol. The lowest BCUT2D eigenvalue weighted by molar-refractivity contribution is -0.139. The van der Waals surface area contributed by atoms with Crippen LogP contribution in [0.15, 0.2) is 42.5 Å². The average Bonchev–Trinajstić information content (AvgIpc) is 2.65. The Morgan fingerprint density at radius 1 is 1.22 bits per heavy atom. The van der Waals surface area contributed by atoms with Crippen molar-refractivity contribution in [3.05, 3.63) is 59.2 Å². The molecule has 1 amide bonds. The second-order valence-electron chi connectivity index (χ2n) is 5.94. The molecule has 1 atom stereocenters. The van der Waals surface area contributed by atoms with Gasteiger partial charge in [-0.2, -0.15) is 11.8 Å². The molecule has 0 saturated carbocycles. The van der Waals surface area contributed by atoms with Crippen LogP contribution in [0.1, 0.15) is 27.9 Å². The van der Waals surface area contributed by atoms with Gasteiger partial charge >= 0.3 is 5.97 Å². The van der Waals surface area contributed by atoms with Gasteiger partial charge in [-0.05, 0) is 65.1 Å². The Hall–Kier alpha value is -2.23. The first-order valence-electron chi connectivity index (χ1n) is 8.32. The molecule has 4 nitrogen and oxygen atoms in total. The van der Waals surface area contributed by atoms with Crippen molar-refractivity contribution in [1.82, 2.24) is 5.32 Å². The van der Waals surface area contributed by atoms with Crippen molar-refractivity contribution in [2.45, 2.75) is 19.4 Å². The van der Waals surface area contributed by atoms with E-state index in [0.717, 1.165) is 22.3 Å². The van der Waals surface area contributed by atoms with E-state index in [-0.39, 0.29) is 0 Å². The van der Waals surface area contributed by atoms with Gasteiger partial charge in [0.15, 0.2) is 0 Å². The average molecular weight is 446 g/mol. The maximum absolute atomic E-state index is 12.9. The van der Waals surface area contributed by atoms with Crippen LogP contribution in [0.2, 0.25) is 0 Å². The molecule has 0 radical (unpaired) electrons.